The number of rotatable bonds is 4. The van der Waals surface area contributed by atoms with Crippen LogP contribution in [0.4, 0.5) is 8.78 Å². The first-order valence-corrected chi connectivity index (χ1v) is 5.83. The number of nitrogens with one attached hydrogen (secondary N) is 1. The molecule has 0 aliphatic carbocycles. The molecular formula is C13H17F2NO3. The zero-order valence-electron chi connectivity index (χ0n) is 11.0. The summed E-state index contributed by atoms with van der Waals surface area (Å²) in [5.74, 6) is -3.94. The smallest absolute Gasteiger partial charge is 0.258 e. The highest BCUT2D eigenvalue weighted by molar-refractivity contribution is 5.97. The second kappa shape index (κ2) is 5.52. The number of hydrogen-bond donors (Lipinski definition) is 3. The van der Waals surface area contributed by atoms with E-state index in [9.17, 15) is 23.8 Å². The van der Waals surface area contributed by atoms with Gasteiger partial charge in [0.15, 0.2) is 0 Å². The summed E-state index contributed by atoms with van der Waals surface area (Å²) in [5.41, 5.74) is -1.80. The summed E-state index contributed by atoms with van der Waals surface area (Å²) in [4.78, 5) is 11.7. The molecule has 1 atom stereocenters. The molecule has 0 saturated carbocycles. The Hall–Kier alpha value is -1.69. The standard InChI is InChI=1S/C13H17F2NO3/c1-7(2)13(3,19)6-16-12(18)11-9(15)4-8(14)5-10(11)17/h4-5,7,17,19H,6H2,1-3H3,(H,16,18). The average molecular weight is 273 g/mol. The number of aliphatic hydroxyl groups is 1. The summed E-state index contributed by atoms with van der Waals surface area (Å²) in [7, 11) is 0. The lowest BCUT2D eigenvalue weighted by Crippen LogP contribution is -2.44. The van der Waals surface area contributed by atoms with Gasteiger partial charge in [-0.15, -0.1) is 0 Å². The van der Waals surface area contributed by atoms with Crippen LogP contribution in [0, 0.1) is 17.6 Å². The zero-order chi connectivity index (χ0) is 14.8. The van der Waals surface area contributed by atoms with Crippen molar-refractivity contribution >= 4 is 5.91 Å². The Morgan fingerprint density at radius 1 is 1.42 bits per heavy atom. The van der Waals surface area contributed by atoms with E-state index in [-0.39, 0.29) is 12.5 Å². The van der Waals surface area contributed by atoms with Crippen molar-refractivity contribution in [2.45, 2.75) is 26.4 Å². The maximum atomic E-state index is 13.4. The summed E-state index contributed by atoms with van der Waals surface area (Å²) >= 11 is 0. The number of aromatic hydroxyl groups is 1. The molecule has 1 aromatic carbocycles. The molecule has 0 heterocycles. The van der Waals surface area contributed by atoms with Crippen LogP contribution in [0.25, 0.3) is 0 Å². The van der Waals surface area contributed by atoms with Gasteiger partial charge in [0.2, 0.25) is 0 Å². The molecule has 1 rings (SSSR count). The maximum Gasteiger partial charge on any atom is 0.258 e. The summed E-state index contributed by atoms with van der Waals surface area (Å²) in [6.45, 7) is 4.95. The Morgan fingerprint density at radius 2 is 2.00 bits per heavy atom. The minimum atomic E-state index is -1.16. The lowest BCUT2D eigenvalue weighted by molar-refractivity contribution is 0.0141. The van der Waals surface area contributed by atoms with Gasteiger partial charge in [-0.05, 0) is 12.8 Å². The molecule has 0 aliphatic rings. The highest BCUT2D eigenvalue weighted by Crippen LogP contribution is 2.22. The Morgan fingerprint density at radius 3 is 2.47 bits per heavy atom. The fourth-order valence-electron chi connectivity index (χ4n) is 1.34. The maximum absolute atomic E-state index is 13.4. The predicted octanol–water partition coefficient (Wildman–Crippen LogP) is 1.81. The first kappa shape index (κ1) is 15.4. The van der Waals surface area contributed by atoms with Crippen LogP contribution in [0.15, 0.2) is 12.1 Å². The van der Waals surface area contributed by atoms with Crippen molar-refractivity contribution in [3.8, 4) is 5.75 Å². The number of carbonyl (C=O) groups excluding carboxylic acids is 1. The summed E-state index contributed by atoms with van der Waals surface area (Å²) in [5, 5.41) is 21.6. The summed E-state index contributed by atoms with van der Waals surface area (Å²) < 4.78 is 26.2. The van der Waals surface area contributed by atoms with E-state index < -0.39 is 34.5 Å². The third-order valence-electron chi connectivity index (χ3n) is 3.11. The number of halogens is 2. The SMILES string of the molecule is CC(C)C(C)(O)CNC(=O)c1c(O)cc(F)cc1F. The molecule has 0 spiro atoms. The largest absolute Gasteiger partial charge is 0.507 e. The van der Waals surface area contributed by atoms with Crippen molar-refractivity contribution in [1.82, 2.24) is 5.32 Å². The van der Waals surface area contributed by atoms with Gasteiger partial charge in [0.05, 0.1) is 5.60 Å². The third-order valence-corrected chi connectivity index (χ3v) is 3.11. The van der Waals surface area contributed by atoms with E-state index in [0.717, 1.165) is 0 Å². The Labute approximate surface area is 110 Å². The van der Waals surface area contributed by atoms with Gasteiger partial charge < -0.3 is 15.5 Å². The van der Waals surface area contributed by atoms with E-state index >= 15 is 0 Å². The Balaban J connectivity index is 2.86. The molecule has 106 valence electrons. The molecule has 1 amide bonds. The first-order chi connectivity index (χ1) is 8.65. The molecule has 3 N–H and O–H groups in total. The quantitative estimate of drug-likeness (QED) is 0.783. The van der Waals surface area contributed by atoms with Gasteiger partial charge in [-0.2, -0.15) is 0 Å². The highest BCUT2D eigenvalue weighted by Gasteiger charge is 2.27. The molecule has 4 nitrogen and oxygen atoms in total. The second-order valence-electron chi connectivity index (χ2n) is 4.98. The van der Waals surface area contributed by atoms with Gasteiger partial charge in [-0.3, -0.25) is 4.79 Å². The van der Waals surface area contributed by atoms with E-state index in [2.05, 4.69) is 5.32 Å². The number of carbonyl (C=O) groups is 1. The number of benzene rings is 1. The van der Waals surface area contributed by atoms with Crippen LogP contribution in [-0.2, 0) is 0 Å². The number of phenols is 1. The fraction of sp³-hybridized carbons (Fsp3) is 0.462. The van der Waals surface area contributed by atoms with E-state index in [4.69, 9.17) is 0 Å². The molecular weight excluding hydrogens is 256 g/mol. The topological polar surface area (TPSA) is 69.6 Å². The third kappa shape index (κ3) is 3.64. The molecule has 1 unspecified atom stereocenters. The number of hydrogen-bond acceptors (Lipinski definition) is 3. The molecule has 6 heteroatoms. The number of amides is 1. The fourth-order valence-corrected chi connectivity index (χ4v) is 1.34. The van der Waals surface area contributed by atoms with Crippen molar-refractivity contribution in [3.63, 3.8) is 0 Å². The molecule has 1 aromatic rings. The van der Waals surface area contributed by atoms with Crippen LogP contribution in [-0.4, -0.2) is 28.3 Å². The van der Waals surface area contributed by atoms with Crippen molar-refractivity contribution in [2.24, 2.45) is 5.92 Å². The molecule has 0 bridgehead atoms. The van der Waals surface area contributed by atoms with Gasteiger partial charge >= 0.3 is 0 Å². The normalized spacial score (nSPS) is 14.3. The van der Waals surface area contributed by atoms with Crippen molar-refractivity contribution in [3.05, 3.63) is 29.3 Å². The molecule has 0 aliphatic heterocycles. The van der Waals surface area contributed by atoms with Crippen LogP contribution in [0.1, 0.15) is 31.1 Å². The van der Waals surface area contributed by atoms with Crippen molar-refractivity contribution < 1.29 is 23.8 Å². The lowest BCUT2D eigenvalue weighted by Gasteiger charge is -2.27. The van der Waals surface area contributed by atoms with Gasteiger partial charge in [0, 0.05) is 18.7 Å². The highest BCUT2D eigenvalue weighted by atomic mass is 19.1. The van der Waals surface area contributed by atoms with E-state index in [1.807, 2.05) is 0 Å². The van der Waals surface area contributed by atoms with E-state index in [1.165, 1.54) is 6.92 Å². The van der Waals surface area contributed by atoms with Crippen molar-refractivity contribution in [2.75, 3.05) is 6.54 Å². The molecule has 19 heavy (non-hydrogen) atoms. The average Bonchev–Trinajstić information content (AvgIpc) is 2.24. The van der Waals surface area contributed by atoms with Crippen LogP contribution < -0.4 is 5.32 Å². The van der Waals surface area contributed by atoms with Crippen molar-refractivity contribution in [1.29, 1.82) is 0 Å². The summed E-state index contributed by atoms with van der Waals surface area (Å²) in [6.07, 6.45) is 0. The minimum absolute atomic E-state index is 0.111. The molecule has 0 aromatic heterocycles. The zero-order valence-corrected chi connectivity index (χ0v) is 11.0. The summed E-state index contributed by atoms with van der Waals surface area (Å²) in [6, 6.07) is 1.16. The molecule has 0 fully saturated rings. The molecule has 0 saturated heterocycles. The number of phenolic OH excluding ortho intramolecular Hbond substituents is 1. The monoisotopic (exact) mass is 273 g/mol. The van der Waals surface area contributed by atoms with Crippen LogP contribution in [0.2, 0.25) is 0 Å². The van der Waals surface area contributed by atoms with E-state index in [0.29, 0.717) is 12.1 Å². The van der Waals surface area contributed by atoms with Crippen LogP contribution in [0.5, 0.6) is 5.75 Å². The second-order valence-corrected chi connectivity index (χ2v) is 4.98. The van der Waals surface area contributed by atoms with Gasteiger partial charge in [-0.1, -0.05) is 13.8 Å². The Kier molecular flexibility index (Phi) is 4.47. The lowest BCUT2D eigenvalue weighted by atomic mass is 9.92. The Bertz CT molecular complexity index is 464. The van der Waals surface area contributed by atoms with Gasteiger partial charge in [0.1, 0.15) is 22.9 Å². The van der Waals surface area contributed by atoms with Gasteiger partial charge in [0.25, 0.3) is 5.91 Å². The minimum Gasteiger partial charge on any atom is -0.507 e. The predicted molar refractivity (Wildman–Crippen MR) is 65.8 cm³/mol. The van der Waals surface area contributed by atoms with E-state index in [1.54, 1.807) is 13.8 Å². The van der Waals surface area contributed by atoms with Crippen LogP contribution in [0.3, 0.4) is 0 Å². The molecule has 0 radical (unpaired) electrons. The van der Waals surface area contributed by atoms with Gasteiger partial charge in [-0.25, -0.2) is 8.78 Å². The first-order valence-electron chi connectivity index (χ1n) is 5.83. The van der Waals surface area contributed by atoms with Crippen LogP contribution >= 0.6 is 0 Å².